The zero-order valence-corrected chi connectivity index (χ0v) is 12.3. The van der Waals surface area contributed by atoms with Gasteiger partial charge in [0, 0.05) is 19.8 Å². The van der Waals surface area contributed by atoms with E-state index in [9.17, 15) is 8.42 Å². The minimum absolute atomic E-state index is 0.141. The fourth-order valence-corrected chi connectivity index (χ4v) is 2.93. The van der Waals surface area contributed by atoms with E-state index in [0.29, 0.717) is 12.4 Å². The highest BCUT2D eigenvalue weighted by Gasteiger charge is 2.21. The predicted octanol–water partition coefficient (Wildman–Crippen LogP) is 1.79. The molecule has 0 amide bonds. The second kappa shape index (κ2) is 5.60. The summed E-state index contributed by atoms with van der Waals surface area (Å²) in [6.07, 6.45) is 1.28. The largest absolute Gasteiger partial charge is 0.384 e. The van der Waals surface area contributed by atoms with Crippen LogP contribution in [0, 0.1) is 6.92 Å². The molecule has 2 rings (SSSR count). The molecule has 0 radical (unpaired) electrons. The molecule has 2 N–H and O–H groups in total. The Kier molecular flexibility index (Phi) is 4.06. The maximum atomic E-state index is 12.4. The van der Waals surface area contributed by atoms with Crippen LogP contribution in [0.2, 0.25) is 0 Å². The van der Waals surface area contributed by atoms with Gasteiger partial charge < -0.3 is 5.73 Å². The molecule has 0 unspecified atom stereocenters. The number of nitrogens with two attached hydrogens (primary N) is 1. The number of anilines is 1. The third kappa shape index (κ3) is 2.97. The van der Waals surface area contributed by atoms with Gasteiger partial charge in [0.2, 0.25) is 10.0 Å². The second-order valence-electron chi connectivity index (χ2n) is 4.61. The fourth-order valence-electron chi connectivity index (χ4n) is 1.84. The van der Waals surface area contributed by atoms with Crippen LogP contribution in [0.1, 0.15) is 11.1 Å². The molecular weight excluding hydrogens is 274 g/mol. The van der Waals surface area contributed by atoms with Gasteiger partial charge in [-0.15, -0.1) is 0 Å². The number of sulfonamides is 1. The van der Waals surface area contributed by atoms with Crippen molar-refractivity contribution < 1.29 is 8.42 Å². The molecule has 0 atom stereocenters. The highest BCUT2D eigenvalue weighted by molar-refractivity contribution is 7.89. The molecule has 2 aromatic rings. The van der Waals surface area contributed by atoms with Gasteiger partial charge in [-0.3, -0.25) is 0 Å². The van der Waals surface area contributed by atoms with Crippen molar-refractivity contribution in [3.63, 3.8) is 0 Å². The van der Waals surface area contributed by atoms with Gasteiger partial charge >= 0.3 is 0 Å². The Labute approximate surface area is 119 Å². The van der Waals surface area contributed by atoms with Gasteiger partial charge in [-0.05, 0) is 30.2 Å². The van der Waals surface area contributed by atoms with Crippen LogP contribution >= 0.6 is 0 Å². The molecule has 0 spiro atoms. The van der Waals surface area contributed by atoms with E-state index in [-0.39, 0.29) is 4.90 Å². The standard InChI is InChI=1S/C14H17N3O2S/c1-11-5-3-4-6-12(11)10-17(2)20(18,19)13-7-8-14(15)16-9-13/h3-9H,10H2,1-2H3,(H2,15,16). The molecule has 1 heterocycles. The molecule has 0 aliphatic heterocycles. The lowest BCUT2D eigenvalue weighted by Crippen LogP contribution is -2.27. The van der Waals surface area contributed by atoms with Gasteiger partial charge in [0.05, 0.1) is 0 Å². The fraction of sp³-hybridized carbons (Fsp3) is 0.214. The van der Waals surface area contributed by atoms with Crippen LogP contribution in [0.4, 0.5) is 5.82 Å². The second-order valence-corrected chi connectivity index (χ2v) is 6.65. The summed E-state index contributed by atoms with van der Waals surface area (Å²) < 4.78 is 26.1. The Balaban J connectivity index is 2.26. The SMILES string of the molecule is Cc1ccccc1CN(C)S(=O)(=O)c1ccc(N)nc1. The lowest BCUT2D eigenvalue weighted by molar-refractivity contribution is 0.465. The number of aryl methyl sites for hydroxylation is 1. The first-order valence-electron chi connectivity index (χ1n) is 6.13. The molecule has 5 nitrogen and oxygen atoms in total. The van der Waals surface area contributed by atoms with Crippen LogP contribution in [0.25, 0.3) is 0 Å². The number of nitrogens with zero attached hydrogens (tertiary/aromatic N) is 2. The number of benzene rings is 1. The van der Waals surface area contributed by atoms with Crippen molar-refractivity contribution in [2.24, 2.45) is 0 Å². The minimum atomic E-state index is -3.56. The maximum absolute atomic E-state index is 12.4. The molecule has 0 saturated heterocycles. The van der Waals surface area contributed by atoms with Crippen molar-refractivity contribution in [1.29, 1.82) is 0 Å². The van der Waals surface area contributed by atoms with E-state index in [1.165, 1.54) is 22.6 Å². The molecule has 20 heavy (non-hydrogen) atoms. The minimum Gasteiger partial charge on any atom is -0.384 e. The lowest BCUT2D eigenvalue weighted by Gasteiger charge is -2.18. The van der Waals surface area contributed by atoms with E-state index in [2.05, 4.69) is 4.98 Å². The summed E-state index contributed by atoms with van der Waals surface area (Å²) in [4.78, 5) is 3.97. The van der Waals surface area contributed by atoms with Gasteiger partial charge in [-0.1, -0.05) is 24.3 Å². The summed E-state index contributed by atoms with van der Waals surface area (Å²) in [5.74, 6) is 0.297. The van der Waals surface area contributed by atoms with Crippen molar-refractivity contribution in [1.82, 2.24) is 9.29 Å². The smallest absolute Gasteiger partial charge is 0.244 e. The van der Waals surface area contributed by atoms with Crippen molar-refractivity contribution >= 4 is 15.8 Å². The van der Waals surface area contributed by atoms with Crippen molar-refractivity contribution in [3.05, 3.63) is 53.7 Å². The summed E-state index contributed by atoms with van der Waals surface area (Å²) in [5.41, 5.74) is 7.50. The zero-order valence-electron chi connectivity index (χ0n) is 11.4. The number of nitrogen functional groups attached to an aromatic ring is 1. The topological polar surface area (TPSA) is 76.3 Å². The molecular formula is C14H17N3O2S. The average Bonchev–Trinajstić information content (AvgIpc) is 2.41. The van der Waals surface area contributed by atoms with Crippen LogP contribution in [0.3, 0.4) is 0 Å². The monoisotopic (exact) mass is 291 g/mol. The molecule has 0 aliphatic rings. The van der Waals surface area contributed by atoms with Crippen molar-refractivity contribution in [2.75, 3.05) is 12.8 Å². The van der Waals surface area contributed by atoms with E-state index in [4.69, 9.17) is 5.73 Å². The van der Waals surface area contributed by atoms with Crippen LogP contribution in [-0.4, -0.2) is 24.8 Å². The van der Waals surface area contributed by atoms with Crippen LogP contribution in [-0.2, 0) is 16.6 Å². The van der Waals surface area contributed by atoms with E-state index >= 15 is 0 Å². The normalized spacial score (nSPS) is 11.8. The number of aromatic nitrogens is 1. The zero-order chi connectivity index (χ0) is 14.8. The van der Waals surface area contributed by atoms with Gasteiger partial charge in [0.25, 0.3) is 0 Å². The Morgan fingerprint density at radius 2 is 1.90 bits per heavy atom. The molecule has 0 fully saturated rings. The van der Waals surface area contributed by atoms with Gasteiger partial charge in [-0.25, -0.2) is 13.4 Å². The Morgan fingerprint density at radius 1 is 1.20 bits per heavy atom. The third-order valence-electron chi connectivity index (χ3n) is 3.12. The van der Waals surface area contributed by atoms with Crippen LogP contribution < -0.4 is 5.73 Å². The number of hydrogen-bond acceptors (Lipinski definition) is 4. The maximum Gasteiger partial charge on any atom is 0.244 e. The number of hydrogen-bond donors (Lipinski definition) is 1. The molecule has 0 saturated carbocycles. The molecule has 6 heteroatoms. The Morgan fingerprint density at radius 3 is 2.50 bits per heavy atom. The highest BCUT2D eigenvalue weighted by Crippen LogP contribution is 2.18. The van der Waals surface area contributed by atoms with Gasteiger partial charge in [0.1, 0.15) is 10.7 Å². The predicted molar refractivity (Wildman–Crippen MR) is 78.5 cm³/mol. The average molecular weight is 291 g/mol. The Hall–Kier alpha value is -1.92. The summed E-state index contributed by atoms with van der Waals surface area (Å²) in [6, 6.07) is 10.6. The van der Waals surface area contributed by atoms with E-state index in [1.54, 1.807) is 7.05 Å². The lowest BCUT2D eigenvalue weighted by atomic mass is 10.1. The summed E-state index contributed by atoms with van der Waals surface area (Å²) in [6.45, 7) is 2.28. The molecule has 106 valence electrons. The summed E-state index contributed by atoms with van der Waals surface area (Å²) in [5, 5.41) is 0. The molecule has 1 aromatic heterocycles. The first-order valence-corrected chi connectivity index (χ1v) is 7.57. The molecule has 1 aromatic carbocycles. The molecule has 0 aliphatic carbocycles. The summed E-state index contributed by atoms with van der Waals surface area (Å²) in [7, 11) is -2.00. The van der Waals surface area contributed by atoms with Crippen LogP contribution in [0.15, 0.2) is 47.5 Å². The first kappa shape index (κ1) is 14.5. The molecule has 0 bridgehead atoms. The van der Waals surface area contributed by atoms with Crippen molar-refractivity contribution in [3.8, 4) is 0 Å². The third-order valence-corrected chi connectivity index (χ3v) is 4.91. The highest BCUT2D eigenvalue weighted by atomic mass is 32.2. The summed E-state index contributed by atoms with van der Waals surface area (Å²) >= 11 is 0. The number of rotatable bonds is 4. The van der Waals surface area contributed by atoms with Crippen LogP contribution in [0.5, 0.6) is 0 Å². The van der Waals surface area contributed by atoms with E-state index in [1.807, 2.05) is 31.2 Å². The van der Waals surface area contributed by atoms with E-state index in [0.717, 1.165) is 11.1 Å². The quantitative estimate of drug-likeness (QED) is 0.931. The van der Waals surface area contributed by atoms with Gasteiger partial charge in [0.15, 0.2) is 0 Å². The number of pyridine rings is 1. The van der Waals surface area contributed by atoms with Crippen molar-refractivity contribution in [2.45, 2.75) is 18.4 Å². The van der Waals surface area contributed by atoms with Gasteiger partial charge in [-0.2, -0.15) is 4.31 Å². The Bertz CT molecular complexity index is 697. The van der Waals surface area contributed by atoms with E-state index < -0.39 is 10.0 Å². The first-order chi connectivity index (χ1) is 9.41.